The van der Waals surface area contributed by atoms with Crippen molar-refractivity contribution in [3.05, 3.63) is 0 Å². The number of carboxylic acids is 1. The summed E-state index contributed by atoms with van der Waals surface area (Å²) in [6.45, 7) is 0. The maximum absolute atomic E-state index is 10.3. The number of aliphatic carboxylic acids is 1. The van der Waals surface area contributed by atoms with Gasteiger partial charge in [0.05, 0.1) is 0 Å². The number of carboxylic acid groups (broad SMARTS) is 1. The van der Waals surface area contributed by atoms with Gasteiger partial charge in [0, 0.05) is 0 Å². The minimum Gasteiger partial charge on any atom is -1.00 e. The number of carbonyl (C=O) groups is 2. The summed E-state index contributed by atoms with van der Waals surface area (Å²) in [7, 11) is -1.96. The molecule has 0 aliphatic rings. The molecule has 8 nitrogen and oxygen atoms in total. The van der Waals surface area contributed by atoms with Crippen molar-refractivity contribution < 1.29 is 48.9 Å². The van der Waals surface area contributed by atoms with Gasteiger partial charge in [0.2, 0.25) is 0 Å². The van der Waals surface area contributed by atoms with E-state index in [9.17, 15) is 9.59 Å². The molecule has 0 fully saturated rings. The van der Waals surface area contributed by atoms with Crippen LogP contribution in [-0.4, -0.2) is 24.4 Å². The summed E-state index contributed by atoms with van der Waals surface area (Å²) in [5, 5.41) is 23.8. The molecule has 0 aliphatic carbocycles. The molecule has 0 bridgehead atoms. The molecule has 0 saturated carbocycles. The van der Waals surface area contributed by atoms with E-state index < -0.39 is 19.3 Å². The topological polar surface area (TPSA) is 130 Å². The van der Waals surface area contributed by atoms with Crippen LogP contribution >= 0.6 is 0 Å². The maximum Gasteiger partial charge on any atom is 1.00 e. The molecule has 0 amide bonds. The average Bonchev–Trinajstić information content (AvgIpc) is 2.05. The van der Waals surface area contributed by atoms with Crippen LogP contribution < -0.4 is 18.9 Å². The fourth-order valence-electron chi connectivity index (χ4n) is 0.296. The van der Waals surface area contributed by atoms with Gasteiger partial charge in [-0.05, 0) is 0 Å². The molecule has 0 aromatic carbocycles. The van der Waals surface area contributed by atoms with Crippen LogP contribution in [0.25, 0.3) is 0 Å². The zero-order valence-electron chi connectivity index (χ0n) is 7.96. The van der Waals surface area contributed by atoms with Crippen molar-refractivity contribution in [3.63, 3.8) is 0 Å². The molecule has 0 unspecified atom stereocenters. The quantitative estimate of drug-likeness (QED) is 0.270. The zero-order chi connectivity index (χ0) is 10.3. The second-order valence-electron chi connectivity index (χ2n) is 1.42. The van der Waals surface area contributed by atoms with E-state index in [0.717, 1.165) is 12.5 Å². The van der Waals surface area contributed by atoms with Gasteiger partial charge in [0.1, 0.15) is 0 Å². The Hall–Kier alpha value is -1.82. The van der Waals surface area contributed by atoms with Crippen LogP contribution in [0.5, 0.6) is 0 Å². The van der Waals surface area contributed by atoms with Crippen molar-refractivity contribution in [2.75, 3.05) is 0 Å². The van der Waals surface area contributed by atoms with Crippen LogP contribution in [-0.2, 0) is 23.6 Å². The molecular weight excluding hydrogens is 190 g/mol. The van der Waals surface area contributed by atoms with Gasteiger partial charge in [-0.2, -0.15) is 10.5 Å². The van der Waals surface area contributed by atoms with Crippen molar-refractivity contribution in [2.24, 2.45) is 0 Å². The molecule has 68 valence electrons. The third-order valence-corrected chi connectivity index (χ3v) is 0.676. The van der Waals surface area contributed by atoms with Crippen LogP contribution in [0.4, 0.5) is 0 Å². The van der Waals surface area contributed by atoms with E-state index in [1.807, 2.05) is 0 Å². The molecule has 0 spiro atoms. The van der Waals surface area contributed by atoms with E-state index in [0.29, 0.717) is 0 Å². The minimum absolute atomic E-state index is 0. The summed E-state index contributed by atoms with van der Waals surface area (Å²) >= 11 is 0. The standard InChI is InChI=1S/C4HBN2O6.Li.H/c6-1-11-5(12-2-7)13-4(10)3(8)9;;/h(H,8,9);;/q;+1;-1. The van der Waals surface area contributed by atoms with Crippen molar-refractivity contribution in [2.45, 2.75) is 0 Å². The Balaban J connectivity index is -0.000000720. The Labute approximate surface area is 91.8 Å². The van der Waals surface area contributed by atoms with Gasteiger partial charge in [-0.1, -0.05) is 0 Å². The Kier molecular flexibility index (Phi) is 8.20. The van der Waals surface area contributed by atoms with Crippen LogP contribution in [0.3, 0.4) is 0 Å². The van der Waals surface area contributed by atoms with Gasteiger partial charge in [0.25, 0.3) is 12.5 Å². The summed E-state index contributed by atoms with van der Waals surface area (Å²) in [5.41, 5.74) is 0. The number of hydrogen-bond donors (Lipinski definition) is 1. The second kappa shape index (κ2) is 7.81. The van der Waals surface area contributed by atoms with Crippen molar-refractivity contribution in [1.29, 1.82) is 10.5 Å². The van der Waals surface area contributed by atoms with Crippen LogP contribution in [0.1, 0.15) is 1.43 Å². The summed E-state index contributed by atoms with van der Waals surface area (Å²) in [5.74, 6) is -3.59. The molecule has 0 aromatic rings. The van der Waals surface area contributed by atoms with Gasteiger partial charge in [-0.15, -0.1) is 0 Å². The van der Waals surface area contributed by atoms with E-state index >= 15 is 0 Å². The zero-order valence-corrected chi connectivity index (χ0v) is 6.96. The van der Waals surface area contributed by atoms with E-state index in [2.05, 4.69) is 14.0 Å². The molecule has 1 N–H and O–H groups in total. The Morgan fingerprint density at radius 1 is 1.29 bits per heavy atom. The van der Waals surface area contributed by atoms with E-state index in [4.69, 9.17) is 15.6 Å². The molecule has 0 aromatic heterocycles. The van der Waals surface area contributed by atoms with Gasteiger partial charge in [-0.3, -0.25) is 0 Å². The first kappa shape index (κ1) is 14.7. The van der Waals surface area contributed by atoms with Crippen LogP contribution in [0.2, 0.25) is 0 Å². The largest absolute Gasteiger partial charge is 1.00 e. The van der Waals surface area contributed by atoms with Gasteiger partial charge < -0.3 is 20.5 Å². The minimum atomic E-state index is -1.96. The van der Waals surface area contributed by atoms with Gasteiger partial charge in [-0.25, -0.2) is 9.59 Å². The van der Waals surface area contributed by atoms with Crippen molar-refractivity contribution in [3.8, 4) is 12.5 Å². The number of nitriles is 2. The molecule has 0 heterocycles. The Bertz CT molecular complexity index is 284. The molecule has 0 saturated heterocycles. The van der Waals surface area contributed by atoms with Crippen molar-refractivity contribution in [1.82, 2.24) is 0 Å². The fraction of sp³-hybridized carbons (Fsp3) is 0. The molecule has 0 radical (unpaired) electrons. The maximum atomic E-state index is 10.3. The molecule has 0 aliphatic heterocycles. The number of carbonyl (C=O) groups excluding carboxylic acids is 1. The second-order valence-corrected chi connectivity index (χ2v) is 1.42. The predicted molar refractivity (Wildman–Crippen MR) is 34.0 cm³/mol. The smallest absolute Gasteiger partial charge is 1.00 e. The van der Waals surface area contributed by atoms with Crippen LogP contribution in [0, 0.1) is 23.0 Å². The summed E-state index contributed by atoms with van der Waals surface area (Å²) in [6, 6.07) is 0. The third kappa shape index (κ3) is 5.78. The first-order chi connectivity index (χ1) is 6.11. The Morgan fingerprint density at radius 2 is 1.71 bits per heavy atom. The molecule has 0 atom stereocenters. The average molecular weight is 192 g/mol. The van der Waals surface area contributed by atoms with E-state index in [1.54, 1.807) is 0 Å². The van der Waals surface area contributed by atoms with Gasteiger partial charge >= 0.3 is 38.1 Å². The SMILES string of the molecule is N#COB(OC#N)OC(=O)C(=O)O.[H-].[Li+]. The van der Waals surface area contributed by atoms with Crippen LogP contribution in [0.15, 0.2) is 0 Å². The first-order valence-corrected chi connectivity index (χ1v) is 2.65. The van der Waals surface area contributed by atoms with E-state index in [1.165, 1.54) is 0 Å². The number of hydrogen-bond acceptors (Lipinski definition) is 7. The Morgan fingerprint density at radius 3 is 2.00 bits per heavy atom. The number of rotatable bonds is 3. The molecule has 0 rings (SSSR count). The third-order valence-electron chi connectivity index (χ3n) is 0.676. The predicted octanol–water partition coefficient (Wildman–Crippen LogP) is -4.29. The molecule has 14 heavy (non-hydrogen) atoms. The number of nitrogens with zero attached hydrogens (tertiary/aromatic N) is 2. The molecule has 10 heteroatoms. The van der Waals surface area contributed by atoms with Gasteiger partial charge in [0.15, 0.2) is 0 Å². The van der Waals surface area contributed by atoms with Crippen molar-refractivity contribution >= 4 is 19.3 Å². The summed E-state index contributed by atoms with van der Waals surface area (Å²) < 4.78 is 11.6. The molecular formula is C4H2BLiN2O6. The van der Waals surface area contributed by atoms with E-state index in [-0.39, 0.29) is 20.3 Å². The first-order valence-electron chi connectivity index (χ1n) is 2.65. The fourth-order valence-corrected chi connectivity index (χ4v) is 0.296. The monoisotopic (exact) mass is 192 g/mol. The summed E-state index contributed by atoms with van der Waals surface area (Å²) in [6.07, 6.45) is 2.10. The summed E-state index contributed by atoms with van der Waals surface area (Å²) in [4.78, 5) is 20.2. The normalized spacial score (nSPS) is 6.71.